The van der Waals surface area contributed by atoms with Crippen LogP contribution in [0, 0.1) is 5.92 Å². The maximum Gasteiger partial charge on any atom is 0.337 e. The predicted molar refractivity (Wildman–Crippen MR) is 66.1 cm³/mol. The van der Waals surface area contributed by atoms with E-state index in [0.717, 1.165) is 24.0 Å². The largest absolute Gasteiger partial charge is 0.478 e. The molecule has 4 nitrogen and oxygen atoms in total. The summed E-state index contributed by atoms with van der Waals surface area (Å²) >= 11 is 0. The number of carboxylic acid groups (broad SMARTS) is 1. The van der Waals surface area contributed by atoms with Crippen LogP contribution in [-0.4, -0.2) is 20.6 Å². The number of imidazole rings is 1. The second kappa shape index (κ2) is 4.57. The second-order valence-electron chi connectivity index (χ2n) is 4.60. The van der Waals surface area contributed by atoms with E-state index in [2.05, 4.69) is 18.8 Å². The van der Waals surface area contributed by atoms with Gasteiger partial charge in [0.2, 0.25) is 0 Å². The van der Waals surface area contributed by atoms with Gasteiger partial charge in [-0.2, -0.15) is 0 Å². The highest BCUT2D eigenvalue weighted by Gasteiger charge is 2.13. The minimum Gasteiger partial charge on any atom is -0.478 e. The average Bonchev–Trinajstić information content (AvgIpc) is 2.69. The van der Waals surface area contributed by atoms with Crippen molar-refractivity contribution in [3.8, 4) is 0 Å². The first kappa shape index (κ1) is 11.6. The summed E-state index contributed by atoms with van der Waals surface area (Å²) in [5.41, 5.74) is 1.79. The third-order valence-electron chi connectivity index (χ3n) is 2.82. The molecule has 0 bridgehead atoms. The molecule has 0 saturated carbocycles. The molecule has 1 aromatic heterocycles. The van der Waals surface area contributed by atoms with Gasteiger partial charge in [-0.05, 0) is 24.5 Å². The number of nitrogens with zero attached hydrogens (tertiary/aromatic N) is 2. The van der Waals surface area contributed by atoms with Crippen LogP contribution >= 0.6 is 0 Å². The maximum atomic E-state index is 11.2. The molecule has 1 aromatic carbocycles. The van der Waals surface area contributed by atoms with Crippen LogP contribution in [0.1, 0.15) is 30.6 Å². The third-order valence-corrected chi connectivity index (χ3v) is 2.82. The Balaban J connectivity index is 2.46. The fourth-order valence-electron chi connectivity index (χ4n) is 1.87. The lowest BCUT2D eigenvalue weighted by molar-refractivity contribution is 0.0698. The van der Waals surface area contributed by atoms with Crippen molar-refractivity contribution < 1.29 is 9.90 Å². The Kier molecular flexibility index (Phi) is 3.13. The molecule has 1 N–H and O–H groups in total. The lowest BCUT2D eigenvalue weighted by atomic mass is 10.1. The molecule has 2 rings (SSSR count). The standard InChI is InChI=1S/C13H16N2O2/c1-9(2)6-7-15-8-14-11-5-3-4-10(12(11)15)13(16)17/h3-5,8-9H,6-7H2,1-2H3,(H,16,17). The molecule has 0 aliphatic heterocycles. The molecule has 0 aliphatic carbocycles. The summed E-state index contributed by atoms with van der Waals surface area (Å²) in [6.45, 7) is 5.10. The number of para-hydroxylation sites is 1. The van der Waals surface area contributed by atoms with Crippen molar-refractivity contribution in [2.24, 2.45) is 5.92 Å². The van der Waals surface area contributed by atoms with E-state index in [1.54, 1.807) is 18.5 Å². The van der Waals surface area contributed by atoms with Gasteiger partial charge >= 0.3 is 5.97 Å². The smallest absolute Gasteiger partial charge is 0.337 e. The molecular formula is C13H16N2O2. The molecule has 0 unspecified atom stereocenters. The highest BCUT2D eigenvalue weighted by molar-refractivity contribution is 6.01. The molecule has 0 saturated heterocycles. The van der Waals surface area contributed by atoms with E-state index in [9.17, 15) is 4.79 Å². The molecule has 0 amide bonds. The van der Waals surface area contributed by atoms with Crippen molar-refractivity contribution in [3.63, 3.8) is 0 Å². The number of benzene rings is 1. The zero-order chi connectivity index (χ0) is 12.4. The van der Waals surface area contributed by atoms with Gasteiger partial charge in [0.15, 0.2) is 0 Å². The topological polar surface area (TPSA) is 55.1 Å². The van der Waals surface area contributed by atoms with Crippen molar-refractivity contribution in [1.29, 1.82) is 0 Å². The van der Waals surface area contributed by atoms with Crippen LogP contribution in [0.3, 0.4) is 0 Å². The van der Waals surface area contributed by atoms with Crippen molar-refractivity contribution in [2.45, 2.75) is 26.8 Å². The van der Waals surface area contributed by atoms with Gasteiger partial charge in [-0.15, -0.1) is 0 Å². The van der Waals surface area contributed by atoms with Gasteiger partial charge in [-0.25, -0.2) is 9.78 Å². The first-order chi connectivity index (χ1) is 8.09. The minimum absolute atomic E-state index is 0.323. The van der Waals surface area contributed by atoms with E-state index >= 15 is 0 Å². The molecule has 4 heteroatoms. The van der Waals surface area contributed by atoms with Crippen molar-refractivity contribution >= 4 is 17.0 Å². The number of rotatable bonds is 4. The van der Waals surface area contributed by atoms with Crippen LogP contribution in [0.5, 0.6) is 0 Å². The number of carboxylic acids is 1. The van der Waals surface area contributed by atoms with Gasteiger partial charge in [0.05, 0.1) is 22.9 Å². The minimum atomic E-state index is -0.901. The average molecular weight is 232 g/mol. The van der Waals surface area contributed by atoms with Gasteiger partial charge < -0.3 is 9.67 Å². The van der Waals surface area contributed by atoms with E-state index in [1.165, 1.54) is 0 Å². The monoisotopic (exact) mass is 232 g/mol. The Morgan fingerprint density at radius 3 is 2.88 bits per heavy atom. The van der Waals surface area contributed by atoms with Gasteiger partial charge in [-0.1, -0.05) is 19.9 Å². The Morgan fingerprint density at radius 2 is 2.24 bits per heavy atom. The number of hydrogen-bond donors (Lipinski definition) is 1. The number of fused-ring (bicyclic) bond motifs is 1. The number of aromatic nitrogens is 2. The number of aromatic carboxylic acids is 1. The van der Waals surface area contributed by atoms with Gasteiger partial charge in [0.1, 0.15) is 0 Å². The van der Waals surface area contributed by atoms with Crippen LogP contribution in [0.4, 0.5) is 0 Å². The van der Waals surface area contributed by atoms with E-state index in [-0.39, 0.29) is 0 Å². The van der Waals surface area contributed by atoms with Crippen LogP contribution in [-0.2, 0) is 6.54 Å². The second-order valence-corrected chi connectivity index (χ2v) is 4.60. The zero-order valence-electron chi connectivity index (χ0n) is 10.1. The summed E-state index contributed by atoms with van der Waals surface area (Å²) in [4.78, 5) is 15.4. The summed E-state index contributed by atoms with van der Waals surface area (Å²) < 4.78 is 1.93. The summed E-state index contributed by atoms with van der Waals surface area (Å²) in [6, 6.07) is 5.19. The zero-order valence-corrected chi connectivity index (χ0v) is 10.1. The van der Waals surface area contributed by atoms with Gasteiger partial charge in [0.25, 0.3) is 0 Å². The summed E-state index contributed by atoms with van der Waals surface area (Å²) in [7, 11) is 0. The Labute approximate surface area is 99.9 Å². The Bertz CT molecular complexity index is 543. The van der Waals surface area contributed by atoms with Crippen molar-refractivity contribution in [2.75, 3.05) is 0 Å². The Hall–Kier alpha value is -1.84. The van der Waals surface area contributed by atoms with Crippen molar-refractivity contribution in [1.82, 2.24) is 9.55 Å². The summed E-state index contributed by atoms with van der Waals surface area (Å²) in [5.74, 6) is -0.314. The van der Waals surface area contributed by atoms with Crippen molar-refractivity contribution in [3.05, 3.63) is 30.1 Å². The summed E-state index contributed by atoms with van der Waals surface area (Å²) in [6.07, 6.45) is 2.74. The molecule has 0 fully saturated rings. The van der Waals surface area contributed by atoms with Crippen LogP contribution in [0.2, 0.25) is 0 Å². The third kappa shape index (κ3) is 2.30. The lowest BCUT2D eigenvalue weighted by Crippen LogP contribution is -2.04. The fourth-order valence-corrected chi connectivity index (χ4v) is 1.87. The molecule has 0 atom stereocenters. The van der Waals surface area contributed by atoms with Crippen LogP contribution in [0.25, 0.3) is 11.0 Å². The molecular weight excluding hydrogens is 216 g/mol. The van der Waals surface area contributed by atoms with E-state index in [1.807, 2.05) is 10.6 Å². The van der Waals surface area contributed by atoms with Crippen LogP contribution in [0.15, 0.2) is 24.5 Å². The first-order valence-corrected chi connectivity index (χ1v) is 5.76. The molecule has 0 aliphatic rings. The molecule has 17 heavy (non-hydrogen) atoms. The number of carbonyl (C=O) groups is 1. The normalized spacial score (nSPS) is 11.2. The first-order valence-electron chi connectivity index (χ1n) is 5.76. The molecule has 1 heterocycles. The highest BCUT2D eigenvalue weighted by Crippen LogP contribution is 2.19. The number of aryl methyl sites for hydroxylation is 1. The number of hydrogen-bond acceptors (Lipinski definition) is 2. The molecule has 0 spiro atoms. The predicted octanol–water partition coefficient (Wildman–Crippen LogP) is 2.78. The maximum absolute atomic E-state index is 11.2. The highest BCUT2D eigenvalue weighted by atomic mass is 16.4. The molecule has 0 radical (unpaired) electrons. The lowest BCUT2D eigenvalue weighted by Gasteiger charge is -2.08. The Morgan fingerprint density at radius 1 is 1.47 bits per heavy atom. The molecule has 90 valence electrons. The van der Waals surface area contributed by atoms with E-state index in [0.29, 0.717) is 11.5 Å². The quantitative estimate of drug-likeness (QED) is 0.881. The fraction of sp³-hybridized carbons (Fsp3) is 0.385. The van der Waals surface area contributed by atoms with Gasteiger partial charge in [-0.3, -0.25) is 0 Å². The van der Waals surface area contributed by atoms with E-state index < -0.39 is 5.97 Å². The SMILES string of the molecule is CC(C)CCn1cnc2cccc(C(=O)O)c21. The molecule has 2 aromatic rings. The summed E-state index contributed by atoms with van der Waals surface area (Å²) in [5, 5.41) is 9.16. The van der Waals surface area contributed by atoms with E-state index in [4.69, 9.17) is 5.11 Å². The van der Waals surface area contributed by atoms with Crippen LogP contribution < -0.4 is 0 Å². The van der Waals surface area contributed by atoms with Gasteiger partial charge in [0, 0.05) is 6.54 Å².